The Kier molecular flexibility index (Phi) is 13.4. The highest BCUT2D eigenvalue weighted by Crippen LogP contribution is 2.67. The molecule has 0 spiro atoms. The molecule has 55 heavy (non-hydrogen) atoms. The van der Waals surface area contributed by atoms with Crippen molar-refractivity contribution in [3.63, 3.8) is 0 Å². The summed E-state index contributed by atoms with van der Waals surface area (Å²) in [6.07, 6.45) is 23.5. The highest BCUT2D eigenvalue weighted by Gasteiger charge is 2.59. The lowest BCUT2D eigenvalue weighted by atomic mass is 9.47. The fourth-order valence-corrected chi connectivity index (χ4v) is 12.9. The Morgan fingerprint density at radius 1 is 0.873 bits per heavy atom. The zero-order valence-electron chi connectivity index (χ0n) is 36.3. The van der Waals surface area contributed by atoms with Gasteiger partial charge in [0, 0.05) is 30.1 Å². The number of fused-ring (bicyclic) bond motifs is 5. The standard InChI is InChI=1S/C49H77N2O4/c1-34(2)14-13-15-35(3)42-23-24-43-41-22-19-37-30-40(25-27-48(37,8)44(41)26-28-49(42,43)9)55-45(52)16-11-10-12-29-54-39-20-17-36(18-21-39)33-50-38-31-46(4,5)51(53)47(6,7)32-38/h17-21,33-35,38,40-44H,10-16,22-32H2,1-9H3/t35-,40+,41+,42-,43+,44+,48+,49-/m1/s1. The zero-order chi connectivity index (χ0) is 39.6. The van der Waals surface area contributed by atoms with Gasteiger partial charge in [-0.3, -0.25) is 9.79 Å². The Labute approximate surface area is 335 Å². The summed E-state index contributed by atoms with van der Waals surface area (Å²) in [7, 11) is 0. The second kappa shape index (κ2) is 17.4. The maximum absolute atomic E-state index is 12.9. The Bertz CT molecular complexity index is 1480. The SMILES string of the molecule is CC(C)CCC[C@@H](C)[C@H]1CC[C@H]2[C@@H]3CC=C4C[C@@H](OC(=O)CCCCCOc5ccc(C=NC6CC(C)(C)N([O])C(C)(C)C6)cc5)CC[C@]4(C)[C@H]3CC[C@]12C. The second-order valence-corrected chi connectivity index (χ2v) is 21.1. The molecule has 1 aromatic carbocycles. The molecule has 1 saturated heterocycles. The Morgan fingerprint density at radius 2 is 1.60 bits per heavy atom. The summed E-state index contributed by atoms with van der Waals surface area (Å²) in [5, 5.41) is 13.9. The second-order valence-electron chi connectivity index (χ2n) is 21.1. The van der Waals surface area contributed by atoms with Crippen LogP contribution >= 0.6 is 0 Å². The van der Waals surface area contributed by atoms with Crippen molar-refractivity contribution in [2.45, 2.75) is 195 Å². The zero-order valence-corrected chi connectivity index (χ0v) is 36.3. The van der Waals surface area contributed by atoms with Crippen LogP contribution in [0.5, 0.6) is 5.75 Å². The lowest BCUT2D eigenvalue weighted by molar-refractivity contribution is -0.288. The lowest BCUT2D eigenvalue weighted by Crippen LogP contribution is -2.59. The molecule has 4 fully saturated rings. The van der Waals surface area contributed by atoms with Crippen LogP contribution in [0.3, 0.4) is 0 Å². The number of carbonyl (C=O) groups excluding carboxylic acids is 1. The average molecular weight is 758 g/mol. The van der Waals surface area contributed by atoms with E-state index in [0.29, 0.717) is 18.4 Å². The smallest absolute Gasteiger partial charge is 0.306 e. The van der Waals surface area contributed by atoms with E-state index >= 15 is 0 Å². The van der Waals surface area contributed by atoms with E-state index < -0.39 is 11.1 Å². The molecule has 1 radical (unpaired) electrons. The topological polar surface area (TPSA) is 71.0 Å². The molecule has 307 valence electrons. The van der Waals surface area contributed by atoms with Crippen molar-refractivity contribution in [3.8, 4) is 5.75 Å². The van der Waals surface area contributed by atoms with Gasteiger partial charge in [0.1, 0.15) is 11.9 Å². The number of hydrogen-bond acceptors (Lipinski definition) is 5. The van der Waals surface area contributed by atoms with Gasteiger partial charge in [-0.25, -0.2) is 0 Å². The molecular formula is C49H77N2O4. The van der Waals surface area contributed by atoms with Crippen molar-refractivity contribution in [1.29, 1.82) is 0 Å². The summed E-state index contributed by atoms with van der Waals surface area (Å²) in [6, 6.07) is 8.20. The first-order chi connectivity index (χ1) is 26.0. The number of ether oxygens (including phenoxy) is 2. The van der Waals surface area contributed by atoms with Crippen molar-refractivity contribution in [3.05, 3.63) is 41.5 Å². The van der Waals surface area contributed by atoms with E-state index in [1.54, 1.807) is 5.57 Å². The molecule has 6 rings (SSSR count). The molecule has 0 amide bonds. The molecule has 6 heteroatoms. The predicted octanol–water partition coefficient (Wildman–Crippen LogP) is 12.4. The number of benzene rings is 1. The van der Waals surface area contributed by atoms with Crippen LogP contribution in [0.2, 0.25) is 0 Å². The predicted molar refractivity (Wildman–Crippen MR) is 225 cm³/mol. The molecular weight excluding hydrogens is 681 g/mol. The van der Waals surface area contributed by atoms with Gasteiger partial charge in [-0.15, -0.1) is 10.3 Å². The van der Waals surface area contributed by atoms with E-state index in [1.807, 2.05) is 58.2 Å². The van der Waals surface area contributed by atoms with E-state index in [0.717, 1.165) is 91.8 Å². The first-order valence-corrected chi connectivity index (χ1v) is 22.6. The number of rotatable bonds is 15. The largest absolute Gasteiger partial charge is 0.494 e. The molecule has 5 aliphatic rings. The van der Waals surface area contributed by atoms with Crippen molar-refractivity contribution in [2.24, 2.45) is 51.3 Å². The molecule has 3 saturated carbocycles. The molecule has 1 heterocycles. The number of nitrogens with zero attached hydrogens (tertiary/aromatic N) is 2. The van der Waals surface area contributed by atoms with Gasteiger partial charge < -0.3 is 9.47 Å². The van der Waals surface area contributed by atoms with Crippen LogP contribution in [0.15, 0.2) is 40.9 Å². The third-order valence-electron chi connectivity index (χ3n) is 15.7. The summed E-state index contributed by atoms with van der Waals surface area (Å²) in [5.74, 6) is 5.91. The third-order valence-corrected chi connectivity index (χ3v) is 15.7. The number of hydroxylamine groups is 2. The maximum Gasteiger partial charge on any atom is 0.306 e. The van der Waals surface area contributed by atoms with E-state index in [2.05, 4.69) is 40.7 Å². The van der Waals surface area contributed by atoms with Gasteiger partial charge in [0.25, 0.3) is 0 Å². The number of aliphatic imine (C=N–C) groups is 1. The van der Waals surface area contributed by atoms with Crippen LogP contribution in [0.1, 0.15) is 177 Å². The minimum absolute atomic E-state index is 0.0280. The number of esters is 1. The summed E-state index contributed by atoms with van der Waals surface area (Å²) in [5.41, 5.74) is 2.61. The average Bonchev–Trinajstić information content (AvgIpc) is 3.49. The number of unbranched alkanes of at least 4 members (excludes halogenated alkanes) is 2. The normalized spacial score (nSPS) is 33.8. The fourth-order valence-electron chi connectivity index (χ4n) is 12.9. The minimum atomic E-state index is -0.416. The Hall–Kier alpha value is -2.18. The van der Waals surface area contributed by atoms with E-state index in [4.69, 9.17) is 14.5 Å². The highest BCUT2D eigenvalue weighted by atomic mass is 16.5. The van der Waals surface area contributed by atoms with Gasteiger partial charge in [0.15, 0.2) is 0 Å². The minimum Gasteiger partial charge on any atom is -0.494 e. The van der Waals surface area contributed by atoms with Crippen molar-refractivity contribution in [2.75, 3.05) is 6.61 Å². The molecule has 0 aromatic heterocycles. The maximum atomic E-state index is 12.9. The molecule has 1 aliphatic heterocycles. The van der Waals surface area contributed by atoms with Crippen molar-refractivity contribution < 1.29 is 19.5 Å². The van der Waals surface area contributed by atoms with Crippen LogP contribution in [0, 0.1) is 46.3 Å². The molecule has 4 aliphatic carbocycles. The Balaban J connectivity index is 0.886. The lowest BCUT2D eigenvalue weighted by Gasteiger charge is -2.58. The molecule has 1 aromatic rings. The number of piperidine rings is 1. The quantitative estimate of drug-likeness (QED) is 0.0773. The molecule has 0 N–H and O–H groups in total. The monoisotopic (exact) mass is 758 g/mol. The third kappa shape index (κ3) is 9.59. The van der Waals surface area contributed by atoms with Gasteiger partial charge in [-0.1, -0.05) is 65.5 Å². The molecule has 6 nitrogen and oxygen atoms in total. The summed E-state index contributed by atoms with van der Waals surface area (Å²) >= 11 is 0. The van der Waals surface area contributed by atoms with Gasteiger partial charge in [0.2, 0.25) is 0 Å². The van der Waals surface area contributed by atoms with Crippen molar-refractivity contribution in [1.82, 2.24) is 5.06 Å². The van der Waals surface area contributed by atoms with Crippen molar-refractivity contribution >= 4 is 12.2 Å². The molecule has 0 bridgehead atoms. The van der Waals surface area contributed by atoms with Crippen LogP contribution in [0.25, 0.3) is 0 Å². The van der Waals surface area contributed by atoms with Crippen LogP contribution in [-0.4, -0.2) is 47.1 Å². The molecule has 0 unspecified atom stereocenters. The van der Waals surface area contributed by atoms with E-state index in [-0.39, 0.29) is 23.5 Å². The number of hydrogen-bond donors (Lipinski definition) is 0. The number of allylic oxidation sites excluding steroid dienone is 1. The fraction of sp³-hybridized carbons (Fsp3) is 0.796. The highest BCUT2D eigenvalue weighted by molar-refractivity contribution is 5.79. The van der Waals surface area contributed by atoms with Crippen LogP contribution in [-0.2, 0) is 14.7 Å². The summed E-state index contributed by atoms with van der Waals surface area (Å²) in [4.78, 5) is 17.8. The molecule has 8 atom stereocenters. The van der Waals surface area contributed by atoms with Gasteiger partial charge in [-0.05, 0) is 181 Å². The van der Waals surface area contributed by atoms with Gasteiger partial charge >= 0.3 is 5.97 Å². The van der Waals surface area contributed by atoms with Crippen LogP contribution < -0.4 is 4.74 Å². The summed E-state index contributed by atoms with van der Waals surface area (Å²) < 4.78 is 12.1. The first-order valence-electron chi connectivity index (χ1n) is 22.6. The Morgan fingerprint density at radius 3 is 2.31 bits per heavy atom. The summed E-state index contributed by atoms with van der Waals surface area (Å²) in [6.45, 7) is 21.3. The van der Waals surface area contributed by atoms with Gasteiger partial charge in [-0.2, -0.15) is 0 Å². The van der Waals surface area contributed by atoms with E-state index in [1.165, 1.54) is 62.9 Å². The first kappa shape index (κ1) is 42.4. The van der Waals surface area contributed by atoms with Gasteiger partial charge in [0.05, 0.1) is 12.6 Å². The van der Waals surface area contributed by atoms with E-state index in [9.17, 15) is 10.0 Å². The number of carbonyl (C=O) groups is 1. The van der Waals surface area contributed by atoms with Crippen LogP contribution in [0.4, 0.5) is 0 Å².